The maximum atomic E-state index is 12.4. The van der Waals surface area contributed by atoms with E-state index in [-0.39, 0.29) is 11.4 Å². The fourth-order valence-corrected chi connectivity index (χ4v) is 4.37. The summed E-state index contributed by atoms with van der Waals surface area (Å²) >= 11 is 4.96. The largest absolute Gasteiger partial charge is 0.493 e. The van der Waals surface area contributed by atoms with Gasteiger partial charge >= 0.3 is 0 Å². The molecule has 0 spiro atoms. The molecule has 1 amide bonds. The highest BCUT2D eigenvalue weighted by Crippen LogP contribution is 2.38. The third kappa shape index (κ3) is 5.36. The lowest BCUT2D eigenvalue weighted by atomic mass is 10.1. The van der Waals surface area contributed by atoms with E-state index >= 15 is 0 Å². The van der Waals surface area contributed by atoms with Crippen molar-refractivity contribution < 1.29 is 14.3 Å². The van der Waals surface area contributed by atoms with E-state index in [1.54, 1.807) is 13.2 Å². The summed E-state index contributed by atoms with van der Waals surface area (Å²) in [6, 6.07) is 12.0. The molecule has 0 radical (unpaired) electrons. The smallest absolute Gasteiger partial charge is 0.260 e. The lowest BCUT2D eigenvalue weighted by molar-refractivity contribution is -0.116. The maximum absolute atomic E-state index is 12.4. The average Bonchev–Trinajstić information content (AvgIpc) is 3.06. The topological polar surface area (TPSA) is 59.6 Å². The first-order chi connectivity index (χ1) is 14.0. The molecule has 0 aliphatic carbocycles. The molecule has 1 aliphatic rings. The molecule has 7 heteroatoms. The number of halogens is 1. The summed E-state index contributed by atoms with van der Waals surface area (Å²) in [5, 5.41) is 6.28. The van der Waals surface area contributed by atoms with Crippen LogP contribution in [0.25, 0.3) is 6.08 Å². The van der Waals surface area contributed by atoms with Crippen LogP contribution in [0.3, 0.4) is 0 Å². The minimum atomic E-state index is -0.221. The minimum absolute atomic E-state index is 0.111. The highest BCUT2D eigenvalue weighted by Gasteiger charge is 2.27. The molecule has 0 bridgehead atoms. The Balaban J connectivity index is 1.75. The highest BCUT2D eigenvalue weighted by molar-refractivity contribution is 9.10. The lowest BCUT2D eigenvalue weighted by Gasteiger charge is -2.13. The van der Waals surface area contributed by atoms with Crippen LogP contribution in [-0.2, 0) is 11.2 Å². The van der Waals surface area contributed by atoms with Crippen LogP contribution in [0, 0.1) is 0 Å². The number of hydrogen-bond acceptors (Lipinski definition) is 5. The van der Waals surface area contributed by atoms with Gasteiger partial charge in [-0.1, -0.05) is 43.5 Å². The molecule has 0 saturated carbocycles. The zero-order valence-electron chi connectivity index (χ0n) is 16.3. The number of anilines is 1. The van der Waals surface area contributed by atoms with Crippen molar-refractivity contribution in [2.75, 3.05) is 19.0 Å². The fraction of sp³-hybridized carbons (Fsp3) is 0.227. The predicted octanol–water partition coefficient (Wildman–Crippen LogP) is 5.18. The standard InChI is InChI=1S/C22H23BrN2O3S/c1-4-10-28-20-17(23)11-15(12-18(20)27-3)13-19-21(26)25-22(29-19)24-16-8-6-14(5-2)7-9-16/h4,6-9,11-13,22,24H,1,5,10H2,2-3H3,(H,25,26)/b19-13-/t22-/m0/s1. The van der Waals surface area contributed by atoms with Crippen LogP contribution in [0.1, 0.15) is 18.1 Å². The molecule has 1 atom stereocenters. The Morgan fingerprint density at radius 3 is 2.72 bits per heavy atom. The third-order valence-electron chi connectivity index (χ3n) is 4.29. The molecule has 0 unspecified atom stereocenters. The van der Waals surface area contributed by atoms with E-state index in [1.807, 2.05) is 30.3 Å². The number of ether oxygens (including phenoxy) is 2. The quantitative estimate of drug-likeness (QED) is 0.407. The van der Waals surface area contributed by atoms with Gasteiger partial charge in [-0.15, -0.1) is 0 Å². The normalized spacial score (nSPS) is 17.1. The molecular formula is C22H23BrN2O3S. The van der Waals surface area contributed by atoms with Crippen molar-refractivity contribution in [2.24, 2.45) is 0 Å². The molecule has 0 aromatic heterocycles. The summed E-state index contributed by atoms with van der Waals surface area (Å²) < 4.78 is 11.8. The fourth-order valence-electron chi connectivity index (χ4n) is 2.81. The Morgan fingerprint density at radius 1 is 1.31 bits per heavy atom. The van der Waals surface area contributed by atoms with Gasteiger partial charge in [-0.25, -0.2) is 0 Å². The van der Waals surface area contributed by atoms with Crippen molar-refractivity contribution in [2.45, 2.75) is 18.8 Å². The first-order valence-electron chi connectivity index (χ1n) is 9.20. The number of amides is 1. The number of carbonyl (C=O) groups is 1. The minimum Gasteiger partial charge on any atom is -0.493 e. The number of benzene rings is 2. The zero-order valence-corrected chi connectivity index (χ0v) is 18.7. The van der Waals surface area contributed by atoms with Gasteiger partial charge in [-0.2, -0.15) is 0 Å². The third-order valence-corrected chi connectivity index (χ3v) is 5.90. The van der Waals surface area contributed by atoms with Gasteiger partial charge in [0.15, 0.2) is 17.0 Å². The van der Waals surface area contributed by atoms with Gasteiger partial charge in [-0.05, 0) is 63.8 Å². The van der Waals surface area contributed by atoms with Crippen LogP contribution >= 0.6 is 27.7 Å². The Kier molecular flexibility index (Phi) is 7.28. The SMILES string of the molecule is C=CCOc1c(Br)cc(/C=C2\S[C@@H](Nc3ccc(CC)cc3)NC2=O)cc1OC. The van der Waals surface area contributed by atoms with Crippen LogP contribution in [0.2, 0.25) is 0 Å². The predicted molar refractivity (Wildman–Crippen MR) is 123 cm³/mol. The second-order valence-corrected chi connectivity index (χ2v) is 8.31. The highest BCUT2D eigenvalue weighted by atomic mass is 79.9. The van der Waals surface area contributed by atoms with Gasteiger partial charge in [-0.3, -0.25) is 4.79 Å². The average molecular weight is 475 g/mol. The van der Waals surface area contributed by atoms with E-state index in [0.29, 0.717) is 23.0 Å². The monoisotopic (exact) mass is 474 g/mol. The number of nitrogens with one attached hydrogen (secondary N) is 2. The van der Waals surface area contributed by atoms with Gasteiger partial charge in [0.2, 0.25) is 0 Å². The number of rotatable bonds is 8. The molecule has 1 saturated heterocycles. The number of hydrogen-bond donors (Lipinski definition) is 2. The molecule has 2 N–H and O–H groups in total. The van der Waals surface area contributed by atoms with E-state index in [9.17, 15) is 4.79 Å². The Bertz CT molecular complexity index is 928. The molecular weight excluding hydrogens is 452 g/mol. The molecule has 1 heterocycles. The van der Waals surface area contributed by atoms with E-state index in [0.717, 1.165) is 22.1 Å². The first kappa shape index (κ1) is 21.3. The van der Waals surface area contributed by atoms with Gasteiger partial charge in [0.1, 0.15) is 6.61 Å². The number of aryl methyl sites for hydroxylation is 1. The van der Waals surface area contributed by atoms with Crippen LogP contribution in [0.4, 0.5) is 5.69 Å². The molecule has 152 valence electrons. The molecule has 1 fully saturated rings. The van der Waals surface area contributed by atoms with E-state index < -0.39 is 0 Å². The second-order valence-electron chi connectivity index (χ2n) is 6.31. The molecule has 1 aliphatic heterocycles. The van der Waals surface area contributed by atoms with Crippen LogP contribution < -0.4 is 20.1 Å². The summed E-state index contributed by atoms with van der Waals surface area (Å²) in [5.74, 6) is 1.08. The van der Waals surface area contributed by atoms with Crippen LogP contribution in [-0.4, -0.2) is 25.1 Å². The number of methoxy groups -OCH3 is 1. The van der Waals surface area contributed by atoms with Crippen molar-refractivity contribution in [3.63, 3.8) is 0 Å². The van der Waals surface area contributed by atoms with Crippen molar-refractivity contribution in [1.82, 2.24) is 5.32 Å². The van der Waals surface area contributed by atoms with Crippen molar-refractivity contribution in [1.29, 1.82) is 0 Å². The van der Waals surface area contributed by atoms with E-state index in [1.165, 1.54) is 17.3 Å². The van der Waals surface area contributed by atoms with Crippen molar-refractivity contribution in [3.8, 4) is 11.5 Å². The van der Waals surface area contributed by atoms with Crippen molar-refractivity contribution in [3.05, 3.63) is 69.6 Å². The molecule has 3 rings (SSSR count). The first-order valence-corrected chi connectivity index (χ1v) is 10.9. The number of carbonyl (C=O) groups excluding carboxylic acids is 1. The van der Waals surface area contributed by atoms with Crippen LogP contribution in [0.15, 0.2) is 58.4 Å². The molecule has 2 aromatic rings. The van der Waals surface area contributed by atoms with Gasteiger partial charge in [0, 0.05) is 5.69 Å². The summed E-state index contributed by atoms with van der Waals surface area (Å²) in [4.78, 5) is 13.0. The van der Waals surface area contributed by atoms with Gasteiger partial charge < -0.3 is 20.1 Å². The summed E-state index contributed by atoms with van der Waals surface area (Å²) in [6.07, 6.45) is 4.51. The Hall–Kier alpha value is -2.38. The Morgan fingerprint density at radius 2 is 2.07 bits per heavy atom. The molecule has 5 nitrogen and oxygen atoms in total. The van der Waals surface area contributed by atoms with Gasteiger partial charge in [0.05, 0.1) is 16.5 Å². The zero-order chi connectivity index (χ0) is 20.8. The summed E-state index contributed by atoms with van der Waals surface area (Å²) in [7, 11) is 1.58. The lowest BCUT2D eigenvalue weighted by Crippen LogP contribution is -2.30. The van der Waals surface area contributed by atoms with E-state index in [2.05, 4.69) is 52.2 Å². The van der Waals surface area contributed by atoms with Gasteiger partial charge in [0.25, 0.3) is 5.91 Å². The molecule has 2 aromatic carbocycles. The second kappa shape index (κ2) is 9.89. The van der Waals surface area contributed by atoms with Crippen molar-refractivity contribution >= 4 is 45.4 Å². The maximum Gasteiger partial charge on any atom is 0.260 e. The van der Waals surface area contributed by atoms with E-state index in [4.69, 9.17) is 9.47 Å². The molecule has 29 heavy (non-hydrogen) atoms. The number of thioether (sulfide) groups is 1. The summed E-state index contributed by atoms with van der Waals surface area (Å²) in [5.41, 5.74) is 2.86. The Labute approximate surface area is 183 Å². The summed E-state index contributed by atoms with van der Waals surface area (Å²) in [6.45, 7) is 6.16. The van der Waals surface area contributed by atoms with Crippen LogP contribution in [0.5, 0.6) is 11.5 Å².